The summed E-state index contributed by atoms with van der Waals surface area (Å²) in [5.74, 6) is 0. The molecule has 2 unspecified atom stereocenters. The highest BCUT2D eigenvalue weighted by molar-refractivity contribution is 4.85. The highest BCUT2D eigenvalue weighted by Crippen LogP contribution is 2.31. The summed E-state index contributed by atoms with van der Waals surface area (Å²) in [6, 6.07) is 1.63. The van der Waals surface area contributed by atoms with Gasteiger partial charge in [0.2, 0.25) is 0 Å². The number of hydrogen-bond donors (Lipinski definition) is 0. The zero-order chi connectivity index (χ0) is 10.8. The quantitative estimate of drug-likeness (QED) is 0.667. The first-order chi connectivity index (χ1) is 6.44. The monoisotopic (exact) mass is 197 g/mol. The average Bonchev–Trinajstić information content (AvgIpc) is 2.48. The van der Waals surface area contributed by atoms with Crippen LogP contribution in [0, 0.1) is 5.41 Å². The second-order valence-electron chi connectivity index (χ2n) is 6.06. The van der Waals surface area contributed by atoms with E-state index in [-0.39, 0.29) is 0 Å². The van der Waals surface area contributed by atoms with Gasteiger partial charge in [-0.25, -0.2) is 0 Å². The molecule has 0 bridgehead atoms. The van der Waals surface area contributed by atoms with Crippen molar-refractivity contribution in [1.82, 2.24) is 4.90 Å². The molecule has 84 valence electrons. The van der Waals surface area contributed by atoms with E-state index in [4.69, 9.17) is 0 Å². The van der Waals surface area contributed by atoms with Crippen molar-refractivity contribution in [2.24, 2.45) is 5.41 Å². The molecule has 0 spiro atoms. The smallest absolute Gasteiger partial charge is 0.0103 e. The zero-order valence-corrected chi connectivity index (χ0v) is 10.6. The van der Waals surface area contributed by atoms with E-state index in [9.17, 15) is 0 Å². The maximum atomic E-state index is 2.73. The van der Waals surface area contributed by atoms with Crippen molar-refractivity contribution in [2.45, 2.75) is 72.4 Å². The first-order valence-electron chi connectivity index (χ1n) is 6.20. The van der Waals surface area contributed by atoms with Crippen LogP contribution in [0.4, 0.5) is 0 Å². The Labute approximate surface area is 89.9 Å². The van der Waals surface area contributed by atoms with Gasteiger partial charge in [-0.15, -0.1) is 0 Å². The summed E-state index contributed by atoms with van der Waals surface area (Å²) in [6.45, 7) is 13.1. The topological polar surface area (TPSA) is 3.24 Å². The lowest BCUT2D eigenvalue weighted by Gasteiger charge is -2.34. The van der Waals surface area contributed by atoms with E-state index in [2.05, 4.69) is 39.5 Å². The summed E-state index contributed by atoms with van der Waals surface area (Å²) in [6.07, 6.45) is 5.48. The van der Waals surface area contributed by atoms with Crippen LogP contribution in [0.1, 0.15) is 60.3 Å². The minimum atomic E-state index is 0.487. The van der Waals surface area contributed by atoms with Gasteiger partial charge in [0.25, 0.3) is 0 Å². The predicted molar refractivity (Wildman–Crippen MR) is 63.6 cm³/mol. The lowest BCUT2D eigenvalue weighted by atomic mass is 9.87. The summed E-state index contributed by atoms with van der Waals surface area (Å²) in [5.41, 5.74) is 0.487. The van der Waals surface area contributed by atoms with Crippen molar-refractivity contribution in [1.29, 1.82) is 0 Å². The minimum Gasteiger partial charge on any atom is -0.298 e. The van der Waals surface area contributed by atoms with Crippen molar-refractivity contribution in [3.63, 3.8) is 0 Å². The average molecular weight is 197 g/mol. The largest absolute Gasteiger partial charge is 0.298 e. The van der Waals surface area contributed by atoms with E-state index in [1.54, 1.807) is 0 Å². The van der Waals surface area contributed by atoms with E-state index in [0.717, 1.165) is 12.1 Å². The maximum Gasteiger partial charge on any atom is 0.0103 e. The Balaban J connectivity index is 2.51. The van der Waals surface area contributed by atoms with E-state index >= 15 is 0 Å². The standard InChI is InChI=1S/C13H27N/c1-6-11(2)14-9-7-8-12(14)10-13(3,4)5/h11-12H,6-10H2,1-5H3. The van der Waals surface area contributed by atoms with Gasteiger partial charge < -0.3 is 0 Å². The van der Waals surface area contributed by atoms with Crippen LogP contribution in [0.25, 0.3) is 0 Å². The highest BCUT2D eigenvalue weighted by Gasteiger charge is 2.30. The molecular formula is C13H27N. The van der Waals surface area contributed by atoms with Crippen LogP contribution in [0.15, 0.2) is 0 Å². The van der Waals surface area contributed by atoms with E-state index in [1.807, 2.05) is 0 Å². The third kappa shape index (κ3) is 3.27. The van der Waals surface area contributed by atoms with Gasteiger partial charge in [-0.2, -0.15) is 0 Å². The number of rotatable bonds is 3. The minimum absolute atomic E-state index is 0.487. The molecule has 0 amide bonds. The molecule has 0 aromatic rings. The first kappa shape index (κ1) is 12.0. The Morgan fingerprint density at radius 3 is 2.50 bits per heavy atom. The van der Waals surface area contributed by atoms with Crippen molar-refractivity contribution < 1.29 is 0 Å². The van der Waals surface area contributed by atoms with Crippen molar-refractivity contribution >= 4 is 0 Å². The fourth-order valence-electron chi connectivity index (χ4n) is 2.60. The molecular weight excluding hydrogens is 170 g/mol. The summed E-state index contributed by atoms with van der Waals surface area (Å²) in [5, 5.41) is 0. The van der Waals surface area contributed by atoms with Gasteiger partial charge in [-0.3, -0.25) is 4.90 Å². The van der Waals surface area contributed by atoms with Crippen molar-refractivity contribution in [2.75, 3.05) is 6.54 Å². The van der Waals surface area contributed by atoms with Gasteiger partial charge in [0, 0.05) is 12.1 Å². The molecule has 0 aliphatic carbocycles. The van der Waals surface area contributed by atoms with Crippen molar-refractivity contribution in [3.8, 4) is 0 Å². The SMILES string of the molecule is CCC(C)N1CCCC1CC(C)(C)C. The van der Waals surface area contributed by atoms with E-state index in [0.29, 0.717) is 5.41 Å². The van der Waals surface area contributed by atoms with Gasteiger partial charge in [-0.1, -0.05) is 27.7 Å². The van der Waals surface area contributed by atoms with E-state index < -0.39 is 0 Å². The van der Waals surface area contributed by atoms with Gasteiger partial charge in [0.1, 0.15) is 0 Å². The lowest BCUT2D eigenvalue weighted by Crippen LogP contribution is -2.38. The second-order valence-corrected chi connectivity index (χ2v) is 6.06. The third-order valence-corrected chi connectivity index (χ3v) is 3.43. The van der Waals surface area contributed by atoms with Gasteiger partial charge in [-0.05, 0) is 44.6 Å². The van der Waals surface area contributed by atoms with Crippen LogP contribution in [-0.2, 0) is 0 Å². The fourth-order valence-corrected chi connectivity index (χ4v) is 2.60. The molecule has 0 N–H and O–H groups in total. The lowest BCUT2D eigenvalue weighted by molar-refractivity contribution is 0.146. The molecule has 1 saturated heterocycles. The molecule has 1 aliphatic heterocycles. The fraction of sp³-hybridized carbons (Fsp3) is 1.00. The Bertz CT molecular complexity index is 169. The molecule has 1 heterocycles. The normalized spacial score (nSPS) is 26.8. The molecule has 1 nitrogen and oxygen atoms in total. The Hall–Kier alpha value is -0.0400. The third-order valence-electron chi connectivity index (χ3n) is 3.43. The molecule has 2 atom stereocenters. The molecule has 1 rings (SSSR count). The summed E-state index contributed by atoms with van der Waals surface area (Å²) in [7, 11) is 0. The van der Waals surface area contributed by atoms with Gasteiger partial charge in [0.05, 0.1) is 0 Å². The van der Waals surface area contributed by atoms with Gasteiger partial charge >= 0.3 is 0 Å². The highest BCUT2D eigenvalue weighted by atomic mass is 15.2. The molecule has 0 radical (unpaired) electrons. The summed E-state index contributed by atoms with van der Waals surface area (Å²) >= 11 is 0. The second kappa shape index (κ2) is 4.65. The van der Waals surface area contributed by atoms with Crippen molar-refractivity contribution in [3.05, 3.63) is 0 Å². The molecule has 0 saturated carbocycles. The first-order valence-corrected chi connectivity index (χ1v) is 6.20. The summed E-state index contributed by atoms with van der Waals surface area (Å²) < 4.78 is 0. The van der Waals surface area contributed by atoms with Crippen LogP contribution in [0.3, 0.4) is 0 Å². The van der Waals surface area contributed by atoms with Crippen LogP contribution < -0.4 is 0 Å². The Kier molecular flexibility index (Phi) is 4.00. The molecule has 1 fully saturated rings. The molecule has 0 aromatic heterocycles. The van der Waals surface area contributed by atoms with Crippen LogP contribution in [-0.4, -0.2) is 23.5 Å². The molecule has 1 heteroatoms. The predicted octanol–water partition coefficient (Wildman–Crippen LogP) is 3.69. The summed E-state index contributed by atoms with van der Waals surface area (Å²) in [4.78, 5) is 2.73. The van der Waals surface area contributed by atoms with Crippen LogP contribution >= 0.6 is 0 Å². The van der Waals surface area contributed by atoms with Gasteiger partial charge in [0.15, 0.2) is 0 Å². The molecule has 1 aliphatic rings. The zero-order valence-electron chi connectivity index (χ0n) is 10.6. The molecule has 0 aromatic carbocycles. The Morgan fingerprint density at radius 1 is 1.36 bits per heavy atom. The van der Waals surface area contributed by atoms with E-state index in [1.165, 1.54) is 32.2 Å². The maximum absolute atomic E-state index is 2.73. The number of likely N-dealkylation sites (tertiary alicyclic amines) is 1. The van der Waals surface area contributed by atoms with Crippen LogP contribution in [0.5, 0.6) is 0 Å². The number of nitrogens with zero attached hydrogens (tertiary/aromatic N) is 1. The molecule has 14 heavy (non-hydrogen) atoms. The van der Waals surface area contributed by atoms with Crippen LogP contribution in [0.2, 0.25) is 0 Å². The Morgan fingerprint density at radius 2 is 2.00 bits per heavy atom. The number of hydrogen-bond acceptors (Lipinski definition) is 1.